The zero-order valence-corrected chi connectivity index (χ0v) is 9.28. The lowest BCUT2D eigenvalue weighted by atomic mass is 10.5. The standard InChI is InChI=1S/C6H14O.C2H6O2S/c1-3-5-7-6-4-2;1-5(2,3)4/h3-6H2,1-2H3;1-2H3. The minimum Gasteiger partial charge on any atom is -0.381 e. The predicted molar refractivity (Wildman–Crippen MR) is 52.2 cm³/mol. The molecule has 0 aliphatic rings. The Kier molecular flexibility index (Phi) is 10.8. The number of rotatable bonds is 4. The van der Waals surface area contributed by atoms with E-state index in [9.17, 15) is 8.42 Å². The lowest BCUT2D eigenvalue weighted by molar-refractivity contribution is 0.135. The highest BCUT2D eigenvalue weighted by molar-refractivity contribution is 7.89. The Bertz CT molecular complexity index is 149. The fourth-order valence-electron chi connectivity index (χ4n) is 0.391. The fourth-order valence-corrected chi connectivity index (χ4v) is 0.391. The summed E-state index contributed by atoms with van der Waals surface area (Å²) in [5, 5.41) is 0. The van der Waals surface area contributed by atoms with E-state index < -0.39 is 9.84 Å². The van der Waals surface area contributed by atoms with Gasteiger partial charge in [0.1, 0.15) is 9.84 Å². The Morgan fingerprint density at radius 3 is 1.42 bits per heavy atom. The molecular weight excluding hydrogens is 176 g/mol. The van der Waals surface area contributed by atoms with Gasteiger partial charge >= 0.3 is 0 Å². The summed E-state index contributed by atoms with van der Waals surface area (Å²) in [6, 6.07) is 0. The largest absolute Gasteiger partial charge is 0.381 e. The molecule has 4 heteroatoms. The van der Waals surface area contributed by atoms with Crippen molar-refractivity contribution in [1.82, 2.24) is 0 Å². The third-order valence-electron chi connectivity index (χ3n) is 0.697. The first-order valence-electron chi connectivity index (χ1n) is 4.14. The molecule has 0 aromatic carbocycles. The lowest BCUT2D eigenvalue weighted by Gasteiger charge is -1.95. The number of ether oxygens (including phenoxy) is 1. The van der Waals surface area contributed by atoms with Crippen molar-refractivity contribution in [2.24, 2.45) is 0 Å². The SMILES string of the molecule is CCCOCCC.CS(C)(=O)=O. The van der Waals surface area contributed by atoms with Crippen LogP contribution in [0.15, 0.2) is 0 Å². The second-order valence-electron chi connectivity index (χ2n) is 2.76. The van der Waals surface area contributed by atoms with Crippen molar-refractivity contribution in [3.05, 3.63) is 0 Å². The zero-order chi connectivity index (χ0) is 10.0. The summed E-state index contributed by atoms with van der Waals surface area (Å²) in [5.74, 6) is 0. The number of sulfone groups is 1. The van der Waals surface area contributed by atoms with Crippen molar-refractivity contribution < 1.29 is 13.2 Å². The molecule has 0 aliphatic carbocycles. The quantitative estimate of drug-likeness (QED) is 0.640. The maximum atomic E-state index is 9.63. The highest BCUT2D eigenvalue weighted by Gasteiger charge is 1.79. The van der Waals surface area contributed by atoms with E-state index in [1.807, 2.05) is 0 Å². The van der Waals surface area contributed by atoms with Gasteiger partial charge in [0, 0.05) is 25.7 Å². The van der Waals surface area contributed by atoms with Crippen LogP contribution in [0.3, 0.4) is 0 Å². The molecule has 12 heavy (non-hydrogen) atoms. The second kappa shape index (κ2) is 9.00. The van der Waals surface area contributed by atoms with Crippen LogP contribution in [0.25, 0.3) is 0 Å². The minimum atomic E-state index is -2.67. The fraction of sp³-hybridized carbons (Fsp3) is 1.00. The molecule has 0 saturated heterocycles. The van der Waals surface area contributed by atoms with E-state index in [-0.39, 0.29) is 0 Å². The Hall–Kier alpha value is -0.0900. The molecule has 76 valence electrons. The first kappa shape index (κ1) is 14.4. The van der Waals surface area contributed by atoms with Crippen LogP contribution >= 0.6 is 0 Å². The molecule has 0 spiro atoms. The molecule has 0 rings (SSSR count). The number of hydrogen-bond acceptors (Lipinski definition) is 3. The summed E-state index contributed by atoms with van der Waals surface area (Å²) in [6.45, 7) is 6.09. The van der Waals surface area contributed by atoms with Crippen molar-refractivity contribution in [1.29, 1.82) is 0 Å². The molecule has 0 bridgehead atoms. The molecule has 3 nitrogen and oxygen atoms in total. The summed E-state index contributed by atoms with van der Waals surface area (Å²) >= 11 is 0. The van der Waals surface area contributed by atoms with Gasteiger partial charge < -0.3 is 4.74 Å². The average molecular weight is 196 g/mol. The Labute approximate surface area is 76.0 Å². The third-order valence-corrected chi connectivity index (χ3v) is 0.697. The van der Waals surface area contributed by atoms with Gasteiger partial charge in [-0.2, -0.15) is 0 Å². The average Bonchev–Trinajstić information content (AvgIpc) is 1.85. The highest BCUT2D eigenvalue weighted by Crippen LogP contribution is 1.81. The zero-order valence-electron chi connectivity index (χ0n) is 8.46. The first-order chi connectivity index (χ1) is 5.41. The van der Waals surface area contributed by atoms with Gasteiger partial charge in [-0.15, -0.1) is 0 Å². The molecule has 0 atom stereocenters. The van der Waals surface area contributed by atoms with Gasteiger partial charge in [0.2, 0.25) is 0 Å². The lowest BCUT2D eigenvalue weighted by Crippen LogP contribution is -1.92. The van der Waals surface area contributed by atoms with E-state index in [1.165, 1.54) is 0 Å². The van der Waals surface area contributed by atoms with Gasteiger partial charge in [0.25, 0.3) is 0 Å². The number of hydrogen-bond donors (Lipinski definition) is 0. The molecular formula is C8H20O3S. The first-order valence-corrected chi connectivity index (χ1v) is 6.44. The van der Waals surface area contributed by atoms with Gasteiger partial charge in [-0.1, -0.05) is 13.8 Å². The van der Waals surface area contributed by atoms with Gasteiger partial charge in [-0.25, -0.2) is 8.42 Å². The van der Waals surface area contributed by atoms with E-state index in [0.717, 1.165) is 38.6 Å². The van der Waals surface area contributed by atoms with E-state index in [1.54, 1.807) is 0 Å². The molecule has 0 aromatic heterocycles. The minimum absolute atomic E-state index is 0.924. The van der Waals surface area contributed by atoms with Crippen molar-refractivity contribution in [3.8, 4) is 0 Å². The maximum Gasteiger partial charge on any atom is 0.144 e. The molecule has 0 aliphatic heterocycles. The van der Waals surface area contributed by atoms with Crippen LogP contribution in [0.2, 0.25) is 0 Å². The molecule has 0 aromatic rings. The Balaban J connectivity index is 0. The van der Waals surface area contributed by atoms with Gasteiger partial charge in [-0.05, 0) is 12.8 Å². The van der Waals surface area contributed by atoms with Crippen LogP contribution < -0.4 is 0 Å². The third kappa shape index (κ3) is 51.5. The van der Waals surface area contributed by atoms with Crippen LogP contribution in [0.1, 0.15) is 26.7 Å². The van der Waals surface area contributed by atoms with Crippen molar-refractivity contribution in [2.75, 3.05) is 25.7 Å². The normalized spacial score (nSPS) is 10.3. The summed E-state index contributed by atoms with van der Waals surface area (Å²) in [7, 11) is -2.67. The molecule has 0 saturated carbocycles. The van der Waals surface area contributed by atoms with Crippen molar-refractivity contribution in [2.45, 2.75) is 26.7 Å². The maximum absolute atomic E-state index is 9.63. The summed E-state index contributed by atoms with van der Waals surface area (Å²) in [4.78, 5) is 0. The summed E-state index contributed by atoms with van der Waals surface area (Å²) in [6.07, 6.45) is 4.60. The van der Waals surface area contributed by atoms with Crippen LogP contribution in [0, 0.1) is 0 Å². The van der Waals surface area contributed by atoms with E-state index >= 15 is 0 Å². The Morgan fingerprint density at radius 1 is 1.00 bits per heavy atom. The van der Waals surface area contributed by atoms with Gasteiger partial charge in [0.15, 0.2) is 0 Å². The van der Waals surface area contributed by atoms with E-state index in [2.05, 4.69) is 13.8 Å². The monoisotopic (exact) mass is 196 g/mol. The molecule has 0 unspecified atom stereocenters. The molecule has 0 heterocycles. The van der Waals surface area contributed by atoms with Crippen molar-refractivity contribution in [3.63, 3.8) is 0 Å². The molecule has 0 fully saturated rings. The van der Waals surface area contributed by atoms with Crippen LogP contribution in [0.5, 0.6) is 0 Å². The molecule has 0 N–H and O–H groups in total. The predicted octanol–water partition coefficient (Wildman–Crippen LogP) is 1.48. The van der Waals surface area contributed by atoms with Crippen LogP contribution in [-0.2, 0) is 14.6 Å². The molecule has 0 amide bonds. The summed E-state index contributed by atoms with van der Waals surface area (Å²) in [5.41, 5.74) is 0. The van der Waals surface area contributed by atoms with E-state index in [0.29, 0.717) is 0 Å². The summed E-state index contributed by atoms with van der Waals surface area (Å²) < 4.78 is 24.4. The Morgan fingerprint density at radius 2 is 1.25 bits per heavy atom. The second-order valence-corrected chi connectivity index (χ2v) is 5.04. The van der Waals surface area contributed by atoms with Gasteiger partial charge in [-0.3, -0.25) is 0 Å². The van der Waals surface area contributed by atoms with Crippen molar-refractivity contribution >= 4 is 9.84 Å². The van der Waals surface area contributed by atoms with E-state index in [4.69, 9.17) is 4.74 Å². The van der Waals surface area contributed by atoms with Gasteiger partial charge in [0.05, 0.1) is 0 Å². The highest BCUT2D eigenvalue weighted by atomic mass is 32.2. The van der Waals surface area contributed by atoms with Crippen LogP contribution in [0.4, 0.5) is 0 Å². The molecule has 0 radical (unpaired) electrons. The topological polar surface area (TPSA) is 43.4 Å². The van der Waals surface area contributed by atoms with Crippen LogP contribution in [-0.4, -0.2) is 34.1 Å². The smallest absolute Gasteiger partial charge is 0.144 e.